The number of fused-ring (bicyclic) bond motifs is 3. The Hall–Kier alpha value is -3.89. The molecule has 0 saturated heterocycles. The molecule has 10 heteroatoms. The van der Waals surface area contributed by atoms with Crippen LogP contribution in [0.4, 0.5) is 26.3 Å². The highest BCUT2D eigenvalue weighted by molar-refractivity contribution is 7.50. The number of esters is 1. The lowest BCUT2D eigenvalue weighted by Gasteiger charge is -2.38. The zero-order valence-corrected chi connectivity index (χ0v) is 20.6. The smallest absolute Gasteiger partial charge is 0.430 e. The van der Waals surface area contributed by atoms with Crippen molar-refractivity contribution in [3.63, 3.8) is 0 Å². The molecule has 3 nitrogen and oxygen atoms in total. The molecule has 4 aromatic carbocycles. The molecule has 0 aliphatic carbocycles. The van der Waals surface area contributed by atoms with Crippen molar-refractivity contribution in [2.24, 2.45) is 0 Å². The van der Waals surface area contributed by atoms with Crippen molar-refractivity contribution in [2.75, 3.05) is 0 Å². The minimum atomic E-state index is -6.20. The van der Waals surface area contributed by atoms with Gasteiger partial charge in [0.2, 0.25) is 0 Å². The molecule has 1 aromatic heterocycles. The van der Waals surface area contributed by atoms with E-state index < -0.39 is 46.1 Å². The molecular formula is C29H19F6O3S+. The van der Waals surface area contributed by atoms with Gasteiger partial charge in [0.25, 0.3) is 5.60 Å². The molecule has 200 valence electrons. The molecule has 0 aliphatic heterocycles. The molecule has 0 saturated carbocycles. The Morgan fingerprint density at radius 2 is 1.23 bits per heavy atom. The number of benzene rings is 4. The molecule has 2 unspecified atom stereocenters. The van der Waals surface area contributed by atoms with Gasteiger partial charge in [-0.05, 0) is 48.0 Å². The maximum Gasteiger partial charge on any atom is 0.430 e. The number of rotatable bonds is 5. The van der Waals surface area contributed by atoms with Gasteiger partial charge in [-0.2, -0.15) is 26.3 Å². The molecular weight excluding hydrogens is 542 g/mol. The Balaban J connectivity index is 1.63. The Labute approximate surface area is 220 Å². The van der Waals surface area contributed by atoms with E-state index in [2.05, 4.69) is 0 Å². The van der Waals surface area contributed by atoms with Crippen LogP contribution in [0.2, 0.25) is 0 Å². The number of thiophene rings is 1. The van der Waals surface area contributed by atoms with Crippen LogP contribution in [0.3, 0.4) is 0 Å². The fourth-order valence-corrected chi connectivity index (χ4v) is 6.88. The molecule has 2 atom stereocenters. The summed E-state index contributed by atoms with van der Waals surface area (Å²) in [7, 11) is -0.530. The van der Waals surface area contributed by atoms with Crippen LogP contribution in [0.5, 0.6) is 0 Å². The lowest BCUT2D eigenvalue weighted by Crippen LogP contribution is -2.61. The van der Waals surface area contributed by atoms with Gasteiger partial charge in [0.05, 0.1) is 5.56 Å². The SMILES string of the molecule is O=C(OC(c1ccccc1)C(O)(C(F)(F)F)C(F)(F)F)c1ccc2c(c1)c1ccccc1[s+]2-c1ccccc1. The normalized spacial score (nSPS) is 14.0. The first-order valence-electron chi connectivity index (χ1n) is 11.6. The molecule has 0 radical (unpaired) electrons. The molecule has 0 fully saturated rings. The molecule has 0 amide bonds. The van der Waals surface area contributed by atoms with Gasteiger partial charge in [0, 0.05) is 21.2 Å². The van der Waals surface area contributed by atoms with Gasteiger partial charge in [0.1, 0.15) is 0 Å². The summed E-state index contributed by atoms with van der Waals surface area (Å²) < 4.78 is 89.4. The topological polar surface area (TPSA) is 46.5 Å². The summed E-state index contributed by atoms with van der Waals surface area (Å²) in [6, 6.07) is 26.9. The summed E-state index contributed by atoms with van der Waals surface area (Å²) in [5, 5.41) is 11.5. The second kappa shape index (κ2) is 9.69. The zero-order valence-electron chi connectivity index (χ0n) is 19.8. The fourth-order valence-electron chi connectivity index (χ4n) is 4.50. The van der Waals surface area contributed by atoms with E-state index in [4.69, 9.17) is 4.74 Å². The van der Waals surface area contributed by atoms with E-state index >= 15 is 0 Å². The Bertz CT molecular complexity index is 1630. The average Bonchev–Trinajstić information content (AvgIpc) is 3.24. The third-order valence-electron chi connectivity index (χ3n) is 6.38. The van der Waals surface area contributed by atoms with Crippen LogP contribution in [-0.4, -0.2) is 29.0 Å². The van der Waals surface area contributed by atoms with Gasteiger partial charge in [-0.1, -0.05) is 60.7 Å². The van der Waals surface area contributed by atoms with E-state index in [9.17, 15) is 36.2 Å². The first kappa shape index (κ1) is 26.7. The third kappa shape index (κ3) is 4.53. The van der Waals surface area contributed by atoms with Crippen LogP contribution in [0, 0.1) is 0 Å². The number of carbonyl (C=O) groups is 1. The largest absolute Gasteiger partial charge is 0.450 e. The molecule has 0 bridgehead atoms. The molecule has 0 spiro atoms. The van der Waals surface area contributed by atoms with E-state index in [0.717, 1.165) is 31.8 Å². The minimum Gasteiger partial charge on any atom is -0.450 e. The molecule has 0 aliphatic rings. The fraction of sp³-hybridized carbons (Fsp3) is 0.138. The number of ether oxygens (including phenoxy) is 1. The predicted octanol–water partition coefficient (Wildman–Crippen LogP) is 8.49. The number of alkyl halides is 6. The second-order valence-corrected chi connectivity index (χ2v) is 10.7. The van der Waals surface area contributed by atoms with E-state index in [1.165, 1.54) is 30.3 Å². The van der Waals surface area contributed by atoms with Gasteiger partial charge in [-0.15, -0.1) is 0 Å². The van der Waals surface area contributed by atoms with Gasteiger partial charge >= 0.3 is 18.3 Å². The highest BCUT2D eigenvalue weighted by atomic mass is 32.2. The molecule has 5 rings (SSSR count). The Morgan fingerprint density at radius 3 is 1.85 bits per heavy atom. The van der Waals surface area contributed by atoms with Crippen LogP contribution in [0.25, 0.3) is 25.1 Å². The highest BCUT2D eigenvalue weighted by Crippen LogP contribution is 2.52. The van der Waals surface area contributed by atoms with Crippen LogP contribution < -0.4 is 0 Å². The van der Waals surface area contributed by atoms with Crippen LogP contribution in [-0.2, 0) is 4.74 Å². The van der Waals surface area contributed by atoms with E-state index in [1.807, 2.05) is 48.5 Å². The Morgan fingerprint density at radius 1 is 0.692 bits per heavy atom. The van der Waals surface area contributed by atoms with Gasteiger partial charge < -0.3 is 9.84 Å². The Kier molecular flexibility index (Phi) is 6.64. The molecule has 1 N–H and O–H groups in total. The maximum absolute atomic E-state index is 13.8. The summed E-state index contributed by atoms with van der Waals surface area (Å²) >= 11 is 0. The standard InChI is InChI=1S/C29H19F6O3S/c30-28(31,32)27(37,29(33,34)35)25(18-9-3-1-4-10-18)38-26(36)19-15-16-24-22(17-19)21-13-7-8-14-23(21)39(24)20-11-5-2-6-12-20/h1-17,25,37H/q+1. The van der Waals surface area contributed by atoms with Gasteiger partial charge in [0.15, 0.2) is 20.4 Å². The maximum atomic E-state index is 13.8. The quantitative estimate of drug-likeness (QED) is 0.133. The molecule has 1 heterocycles. The van der Waals surface area contributed by atoms with E-state index in [-0.39, 0.29) is 5.56 Å². The summed E-state index contributed by atoms with van der Waals surface area (Å²) in [5.74, 6) is -1.44. The van der Waals surface area contributed by atoms with Crippen molar-refractivity contribution >= 4 is 36.6 Å². The van der Waals surface area contributed by atoms with Gasteiger partial charge in [-0.25, -0.2) is 4.79 Å². The van der Waals surface area contributed by atoms with Crippen molar-refractivity contribution in [3.8, 4) is 4.90 Å². The lowest BCUT2D eigenvalue weighted by molar-refractivity contribution is -0.392. The summed E-state index contributed by atoms with van der Waals surface area (Å²) in [6.07, 6.45) is -15.5. The minimum absolute atomic E-state index is 0.255. The summed E-state index contributed by atoms with van der Waals surface area (Å²) in [4.78, 5) is 14.1. The second-order valence-electron chi connectivity index (χ2n) is 8.78. The first-order chi connectivity index (χ1) is 18.4. The molecule has 39 heavy (non-hydrogen) atoms. The summed E-state index contributed by atoms with van der Waals surface area (Å²) in [6.45, 7) is 0. The number of hydrogen-bond acceptors (Lipinski definition) is 3. The van der Waals surface area contributed by atoms with Crippen molar-refractivity contribution in [3.05, 3.63) is 114 Å². The number of aliphatic hydroxyl groups is 1. The third-order valence-corrected chi connectivity index (χ3v) is 8.72. The van der Waals surface area contributed by atoms with E-state index in [0.29, 0.717) is 5.39 Å². The monoisotopic (exact) mass is 561 g/mol. The van der Waals surface area contributed by atoms with Crippen LogP contribution >= 0.6 is 10.5 Å². The number of hydrogen-bond donors (Lipinski definition) is 1. The average molecular weight is 562 g/mol. The number of halogens is 6. The predicted molar refractivity (Wildman–Crippen MR) is 137 cm³/mol. The lowest BCUT2D eigenvalue weighted by atomic mass is 9.89. The van der Waals surface area contributed by atoms with Crippen LogP contribution in [0.15, 0.2) is 103 Å². The van der Waals surface area contributed by atoms with Crippen molar-refractivity contribution in [1.29, 1.82) is 0 Å². The zero-order chi connectivity index (χ0) is 28.0. The summed E-state index contributed by atoms with van der Waals surface area (Å²) in [5.41, 5.74) is -6.27. The molecule has 5 aromatic rings. The highest BCUT2D eigenvalue weighted by Gasteiger charge is 2.75. The number of carbonyl (C=O) groups excluding carboxylic acids is 1. The van der Waals surface area contributed by atoms with Crippen LogP contribution in [0.1, 0.15) is 22.0 Å². The van der Waals surface area contributed by atoms with Gasteiger partial charge in [-0.3, -0.25) is 0 Å². The van der Waals surface area contributed by atoms with Crippen molar-refractivity contribution in [2.45, 2.75) is 24.1 Å². The van der Waals surface area contributed by atoms with Crippen molar-refractivity contribution < 1.29 is 41.0 Å². The van der Waals surface area contributed by atoms with Crippen molar-refractivity contribution in [1.82, 2.24) is 0 Å². The van der Waals surface area contributed by atoms with E-state index in [1.54, 1.807) is 12.1 Å². The first-order valence-corrected chi connectivity index (χ1v) is 12.8.